The van der Waals surface area contributed by atoms with Crippen LogP contribution in [0.25, 0.3) is 6.08 Å². The highest BCUT2D eigenvalue weighted by Crippen LogP contribution is 2.18. The van der Waals surface area contributed by atoms with Crippen LogP contribution >= 0.6 is 0 Å². The Morgan fingerprint density at radius 3 is 2.22 bits per heavy atom. The third kappa shape index (κ3) is 6.55. The first kappa shape index (κ1) is 18.7. The van der Waals surface area contributed by atoms with Crippen LogP contribution in [0.3, 0.4) is 0 Å². The predicted octanol–water partition coefficient (Wildman–Crippen LogP) is 3.23. The van der Waals surface area contributed by atoms with Gasteiger partial charge in [0.15, 0.2) is 0 Å². The second kappa shape index (κ2) is 9.66. The summed E-state index contributed by atoms with van der Waals surface area (Å²) in [6.07, 6.45) is 1.46. The molecule has 1 aromatic rings. The van der Waals surface area contributed by atoms with E-state index in [1.165, 1.54) is 6.08 Å². The van der Waals surface area contributed by atoms with Crippen molar-refractivity contribution in [3.8, 4) is 5.75 Å². The Morgan fingerprint density at radius 1 is 1.09 bits per heavy atom. The molecule has 0 unspecified atom stereocenters. The SMILES string of the molecule is CCOC(=O)C(=Cc1cccc(OCC(C)C)c1)C(=O)OCC. The summed E-state index contributed by atoms with van der Waals surface area (Å²) < 4.78 is 15.5. The lowest BCUT2D eigenvalue weighted by Crippen LogP contribution is -2.18. The lowest BCUT2D eigenvalue weighted by atomic mass is 10.1. The van der Waals surface area contributed by atoms with Gasteiger partial charge < -0.3 is 14.2 Å². The van der Waals surface area contributed by atoms with Gasteiger partial charge in [0.2, 0.25) is 0 Å². The smallest absolute Gasteiger partial charge is 0.345 e. The van der Waals surface area contributed by atoms with Crippen LogP contribution in [0.5, 0.6) is 5.75 Å². The molecule has 0 amide bonds. The van der Waals surface area contributed by atoms with Crippen LogP contribution in [0.1, 0.15) is 33.3 Å². The van der Waals surface area contributed by atoms with Crippen molar-refractivity contribution in [2.75, 3.05) is 19.8 Å². The van der Waals surface area contributed by atoms with Crippen LogP contribution in [-0.4, -0.2) is 31.8 Å². The molecule has 0 bridgehead atoms. The van der Waals surface area contributed by atoms with Gasteiger partial charge in [-0.2, -0.15) is 0 Å². The summed E-state index contributed by atoms with van der Waals surface area (Å²) in [7, 11) is 0. The second-order valence-corrected chi connectivity index (χ2v) is 5.28. The van der Waals surface area contributed by atoms with Crippen LogP contribution in [0, 0.1) is 5.92 Å². The van der Waals surface area contributed by atoms with Crippen molar-refractivity contribution >= 4 is 18.0 Å². The van der Waals surface area contributed by atoms with Crippen LogP contribution in [0.4, 0.5) is 0 Å². The maximum Gasteiger partial charge on any atom is 0.345 e. The summed E-state index contributed by atoms with van der Waals surface area (Å²) >= 11 is 0. The quantitative estimate of drug-likeness (QED) is 0.318. The van der Waals surface area contributed by atoms with Gasteiger partial charge in [0.1, 0.15) is 11.3 Å². The fraction of sp³-hybridized carbons (Fsp3) is 0.444. The molecular weight excluding hydrogens is 296 g/mol. The van der Waals surface area contributed by atoms with Gasteiger partial charge in [-0.15, -0.1) is 0 Å². The Hall–Kier alpha value is -2.30. The minimum absolute atomic E-state index is 0.130. The van der Waals surface area contributed by atoms with Crippen molar-refractivity contribution in [2.24, 2.45) is 5.92 Å². The van der Waals surface area contributed by atoms with Gasteiger partial charge >= 0.3 is 11.9 Å². The normalized spacial score (nSPS) is 10.1. The molecule has 0 heterocycles. The van der Waals surface area contributed by atoms with E-state index in [9.17, 15) is 9.59 Å². The molecule has 126 valence electrons. The lowest BCUT2D eigenvalue weighted by molar-refractivity contribution is -0.146. The molecule has 5 nitrogen and oxygen atoms in total. The minimum atomic E-state index is -0.695. The van der Waals surface area contributed by atoms with E-state index in [-0.39, 0.29) is 18.8 Å². The van der Waals surface area contributed by atoms with Gasteiger partial charge in [0.25, 0.3) is 0 Å². The molecule has 5 heteroatoms. The van der Waals surface area contributed by atoms with E-state index in [1.54, 1.807) is 32.0 Å². The van der Waals surface area contributed by atoms with Crippen molar-refractivity contribution in [1.82, 2.24) is 0 Å². The van der Waals surface area contributed by atoms with Crippen LogP contribution < -0.4 is 4.74 Å². The van der Waals surface area contributed by atoms with Gasteiger partial charge in [0.05, 0.1) is 19.8 Å². The first-order chi connectivity index (χ1) is 11.0. The molecule has 0 fully saturated rings. The zero-order valence-electron chi connectivity index (χ0n) is 14.1. The molecule has 0 saturated carbocycles. The molecule has 0 aliphatic heterocycles. The molecule has 0 spiro atoms. The summed E-state index contributed by atoms with van der Waals surface area (Å²) in [5.74, 6) is -0.303. The standard InChI is InChI=1S/C18H24O5/c1-5-21-17(19)16(18(20)22-6-2)11-14-8-7-9-15(10-14)23-12-13(3)4/h7-11,13H,5-6,12H2,1-4H3. The monoisotopic (exact) mass is 320 g/mol. The van der Waals surface area contributed by atoms with E-state index in [0.29, 0.717) is 23.8 Å². The summed E-state index contributed by atoms with van der Waals surface area (Å²) in [6, 6.07) is 7.17. The van der Waals surface area contributed by atoms with E-state index in [4.69, 9.17) is 14.2 Å². The molecule has 0 aromatic heterocycles. The Labute approximate surface area is 137 Å². The van der Waals surface area contributed by atoms with Crippen LogP contribution in [0.15, 0.2) is 29.8 Å². The van der Waals surface area contributed by atoms with Gasteiger partial charge in [-0.1, -0.05) is 26.0 Å². The van der Waals surface area contributed by atoms with Crippen molar-refractivity contribution in [3.63, 3.8) is 0 Å². The molecule has 0 saturated heterocycles. The fourth-order valence-electron chi connectivity index (χ4n) is 1.74. The highest BCUT2D eigenvalue weighted by atomic mass is 16.6. The first-order valence-electron chi connectivity index (χ1n) is 7.76. The highest BCUT2D eigenvalue weighted by molar-refractivity contribution is 6.17. The fourth-order valence-corrected chi connectivity index (χ4v) is 1.74. The van der Waals surface area contributed by atoms with Crippen molar-refractivity contribution in [3.05, 3.63) is 35.4 Å². The number of hydrogen-bond donors (Lipinski definition) is 0. The maximum atomic E-state index is 11.9. The predicted molar refractivity (Wildman–Crippen MR) is 88.0 cm³/mol. The molecule has 23 heavy (non-hydrogen) atoms. The molecular formula is C18H24O5. The average Bonchev–Trinajstić information content (AvgIpc) is 2.51. The van der Waals surface area contributed by atoms with Crippen LogP contribution in [-0.2, 0) is 19.1 Å². The Bertz CT molecular complexity index is 540. The number of ether oxygens (including phenoxy) is 3. The van der Waals surface area contributed by atoms with Gasteiger partial charge in [-0.3, -0.25) is 0 Å². The van der Waals surface area contributed by atoms with Gasteiger partial charge in [-0.05, 0) is 43.5 Å². The second-order valence-electron chi connectivity index (χ2n) is 5.28. The Morgan fingerprint density at radius 2 is 1.70 bits per heavy atom. The average molecular weight is 320 g/mol. The molecule has 0 aliphatic rings. The van der Waals surface area contributed by atoms with E-state index >= 15 is 0 Å². The Balaban J connectivity index is 3.03. The van der Waals surface area contributed by atoms with E-state index < -0.39 is 11.9 Å². The number of benzene rings is 1. The van der Waals surface area contributed by atoms with E-state index in [2.05, 4.69) is 13.8 Å². The Kier molecular flexibility index (Phi) is 7.88. The lowest BCUT2D eigenvalue weighted by Gasteiger charge is -2.10. The van der Waals surface area contributed by atoms with Gasteiger partial charge in [0, 0.05) is 0 Å². The summed E-state index contributed by atoms with van der Waals surface area (Å²) in [5.41, 5.74) is 0.539. The summed E-state index contributed by atoms with van der Waals surface area (Å²) in [4.78, 5) is 23.9. The maximum absolute atomic E-state index is 11.9. The third-order valence-corrected chi connectivity index (χ3v) is 2.74. The number of rotatable bonds is 8. The van der Waals surface area contributed by atoms with Crippen LogP contribution in [0.2, 0.25) is 0 Å². The van der Waals surface area contributed by atoms with E-state index in [0.717, 1.165) is 0 Å². The topological polar surface area (TPSA) is 61.8 Å². The van der Waals surface area contributed by atoms with Crippen molar-refractivity contribution in [2.45, 2.75) is 27.7 Å². The number of esters is 2. The summed E-state index contributed by atoms with van der Waals surface area (Å²) in [5, 5.41) is 0. The molecule has 0 radical (unpaired) electrons. The highest BCUT2D eigenvalue weighted by Gasteiger charge is 2.20. The minimum Gasteiger partial charge on any atom is -0.493 e. The molecule has 1 aromatic carbocycles. The molecule has 1 rings (SSSR count). The summed E-state index contributed by atoms with van der Waals surface area (Å²) in [6.45, 7) is 8.45. The zero-order valence-corrected chi connectivity index (χ0v) is 14.1. The third-order valence-electron chi connectivity index (χ3n) is 2.74. The largest absolute Gasteiger partial charge is 0.493 e. The van der Waals surface area contributed by atoms with Gasteiger partial charge in [-0.25, -0.2) is 9.59 Å². The van der Waals surface area contributed by atoms with Crippen molar-refractivity contribution in [1.29, 1.82) is 0 Å². The zero-order chi connectivity index (χ0) is 17.2. The number of hydrogen-bond acceptors (Lipinski definition) is 5. The van der Waals surface area contributed by atoms with Crippen molar-refractivity contribution < 1.29 is 23.8 Å². The first-order valence-corrected chi connectivity index (χ1v) is 7.76. The molecule has 0 atom stereocenters. The number of carbonyl (C=O) groups is 2. The van der Waals surface area contributed by atoms with E-state index in [1.807, 2.05) is 6.07 Å². The molecule has 0 aliphatic carbocycles. The molecule has 0 N–H and O–H groups in total. The number of carbonyl (C=O) groups excluding carboxylic acids is 2.